The summed E-state index contributed by atoms with van der Waals surface area (Å²) in [6, 6.07) is 19.9. The SMILES string of the molecule is CN(CCCNC(=O)NCc1cccc(-n2cccn2)c1)c1ccccc1. The van der Waals surface area contributed by atoms with E-state index >= 15 is 0 Å². The molecule has 0 atom stereocenters. The number of aromatic nitrogens is 2. The third-order valence-corrected chi connectivity index (χ3v) is 4.29. The number of urea groups is 1. The van der Waals surface area contributed by atoms with Gasteiger partial charge in [-0.25, -0.2) is 9.48 Å². The molecule has 0 fully saturated rings. The van der Waals surface area contributed by atoms with Crippen LogP contribution in [0.1, 0.15) is 12.0 Å². The largest absolute Gasteiger partial charge is 0.375 e. The number of hydrogen-bond acceptors (Lipinski definition) is 3. The van der Waals surface area contributed by atoms with Crippen molar-refractivity contribution in [2.24, 2.45) is 0 Å². The number of nitrogens with zero attached hydrogens (tertiary/aromatic N) is 3. The summed E-state index contributed by atoms with van der Waals surface area (Å²) in [5.41, 5.74) is 3.18. The summed E-state index contributed by atoms with van der Waals surface area (Å²) in [6.45, 7) is 2.00. The molecule has 0 saturated heterocycles. The summed E-state index contributed by atoms with van der Waals surface area (Å²) in [4.78, 5) is 14.2. The molecule has 0 bridgehead atoms. The van der Waals surface area contributed by atoms with Crippen molar-refractivity contribution in [2.75, 3.05) is 25.0 Å². The Balaban J connectivity index is 1.37. The molecule has 0 aliphatic rings. The second-order valence-corrected chi connectivity index (χ2v) is 6.34. The van der Waals surface area contributed by atoms with Gasteiger partial charge in [0.25, 0.3) is 0 Å². The molecule has 1 heterocycles. The number of anilines is 1. The molecule has 0 radical (unpaired) electrons. The topological polar surface area (TPSA) is 62.2 Å². The van der Waals surface area contributed by atoms with Gasteiger partial charge in [0.05, 0.1) is 5.69 Å². The average molecular weight is 363 g/mol. The highest BCUT2D eigenvalue weighted by Gasteiger charge is 2.03. The minimum atomic E-state index is -0.151. The number of amides is 2. The molecule has 0 aliphatic carbocycles. The summed E-state index contributed by atoms with van der Waals surface area (Å²) >= 11 is 0. The minimum absolute atomic E-state index is 0.151. The average Bonchev–Trinajstić information content (AvgIpc) is 3.25. The zero-order valence-corrected chi connectivity index (χ0v) is 15.5. The van der Waals surface area contributed by atoms with Crippen LogP contribution in [0, 0.1) is 0 Å². The lowest BCUT2D eigenvalue weighted by molar-refractivity contribution is 0.240. The number of hydrogen-bond donors (Lipinski definition) is 2. The van der Waals surface area contributed by atoms with Gasteiger partial charge in [-0.2, -0.15) is 5.10 Å². The normalized spacial score (nSPS) is 10.4. The van der Waals surface area contributed by atoms with Gasteiger partial charge in [-0.05, 0) is 42.3 Å². The molecule has 0 saturated carbocycles. The molecular formula is C21H25N5O. The Hall–Kier alpha value is -3.28. The van der Waals surface area contributed by atoms with E-state index in [-0.39, 0.29) is 6.03 Å². The molecule has 6 nitrogen and oxygen atoms in total. The summed E-state index contributed by atoms with van der Waals surface area (Å²) in [5, 5.41) is 10.0. The molecule has 1 aromatic heterocycles. The molecule has 2 N–H and O–H groups in total. The van der Waals surface area contributed by atoms with Gasteiger partial charge in [-0.1, -0.05) is 30.3 Å². The van der Waals surface area contributed by atoms with Crippen LogP contribution in [-0.4, -0.2) is 35.9 Å². The zero-order valence-electron chi connectivity index (χ0n) is 15.5. The molecule has 0 unspecified atom stereocenters. The highest BCUT2D eigenvalue weighted by atomic mass is 16.2. The number of rotatable bonds is 8. The summed E-state index contributed by atoms with van der Waals surface area (Å²) in [5.74, 6) is 0. The number of para-hydroxylation sites is 1. The second kappa shape index (κ2) is 9.43. The molecule has 6 heteroatoms. The zero-order chi connectivity index (χ0) is 18.9. The van der Waals surface area contributed by atoms with Gasteiger partial charge < -0.3 is 15.5 Å². The molecule has 0 spiro atoms. The van der Waals surface area contributed by atoms with Crippen LogP contribution in [0.3, 0.4) is 0 Å². The lowest BCUT2D eigenvalue weighted by atomic mass is 10.2. The van der Waals surface area contributed by atoms with E-state index in [0.29, 0.717) is 13.1 Å². The van der Waals surface area contributed by atoms with E-state index in [0.717, 1.165) is 24.2 Å². The van der Waals surface area contributed by atoms with Crippen LogP contribution in [0.15, 0.2) is 73.1 Å². The van der Waals surface area contributed by atoms with Crippen LogP contribution in [-0.2, 0) is 6.54 Å². The third kappa shape index (κ3) is 5.60. The molecule has 27 heavy (non-hydrogen) atoms. The maximum absolute atomic E-state index is 12.0. The van der Waals surface area contributed by atoms with E-state index in [4.69, 9.17) is 0 Å². The van der Waals surface area contributed by atoms with Gasteiger partial charge in [0.1, 0.15) is 0 Å². The van der Waals surface area contributed by atoms with Crippen molar-refractivity contribution in [2.45, 2.75) is 13.0 Å². The van der Waals surface area contributed by atoms with Gasteiger partial charge in [0.15, 0.2) is 0 Å². The van der Waals surface area contributed by atoms with Crippen molar-refractivity contribution in [3.8, 4) is 5.69 Å². The van der Waals surface area contributed by atoms with Crippen molar-refractivity contribution < 1.29 is 4.79 Å². The van der Waals surface area contributed by atoms with Crippen molar-refractivity contribution in [1.82, 2.24) is 20.4 Å². The summed E-state index contributed by atoms with van der Waals surface area (Å²) < 4.78 is 1.80. The first kappa shape index (κ1) is 18.5. The third-order valence-electron chi connectivity index (χ3n) is 4.29. The first-order chi connectivity index (χ1) is 13.2. The lowest BCUT2D eigenvalue weighted by Gasteiger charge is -2.19. The van der Waals surface area contributed by atoms with E-state index in [2.05, 4.69) is 39.8 Å². The quantitative estimate of drug-likeness (QED) is 0.604. The fourth-order valence-corrected chi connectivity index (χ4v) is 2.81. The van der Waals surface area contributed by atoms with E-state index in [1.165, 1.54) is 5.69 Å². The van der Waals surface area contributed by atoms with Crippen molar-refractivity contribution in [3.63, 3.8) is 0 Å². The first-order valence-corrected chi connectivity index (χ1v) is 9.09. The maximum Gasteiger partial charge on any atom is 0.315 e. The molecule has 2 amide bonds. The van der Waals surface area contributed by atoms with Gasteiger partial charge >= 0.3 is 6.03 Å². The number of benzene rings is 2. The van der Waals surface area contributed by atoms with Gasteiger partial charge in [-0.15, -0.1) is 0 Å². The van der Waals surface area contributed by atoms with Crippen molar-refractivity contribution in [3.05, 3.63) is 78.6 Å². The van der Waals surface area contributed by atoms with E-state index in [1.54, 1.807) is 10.9 Å². The lowest BCUT2D eigenvalue weighted by Crippen LogP contribution is -2.36. The van der Waals surface area contributed by atoms with E-state index in [1.807, 2.05) is 54.7 Å². The molecule has 0 aliphatic heterocycles. The smallest absolute Gasteiger partial charge is 0.315 e. The Morgan fingerprint density at radius 2 is 1.93 bits per heavy atom. The van der Waals surface area contributed by atoms with Crippen LogP contribution in [0.25, 0.3) is 5.69 Å². The van der Waals surface area contributed by atoms with Crippen LogP contribution >= 0.6 is 0 Å². The van der Waals surface area contributed by atoms with Crippen LogP contribution in [0.5, 0.6) is 0 Å². The van der Waals surface area contributed by atoms with Crippen LogP contribution < -0.4 is 15.5 Å². The second-order valence-electron chi connectivity index (χ2n) is 6.34. The maximum atomic E-state index is 12.0. The Bertz CT molecular complexity index is 833. The highest BCUT2D eigenvalue weighted by molar-refractivity contribution is 5.73. The number of carbonyl (C=O) groups is 1. The number of nitrogens with one attached hydrogen (secondary N) is 2. The minimum Gasteiger partial charge on any atom is -0.375 e. The molecule has 140 valence electrons. The first-order valence-electron chi connectivity index (χ1n) is 9.09. The van der Waals surface area contributed by atoms with E-state index in [9.17, 15) is 4.79 Å². The summed E-state index contributed by atoms with van der Waals surface area (Å²) in [7, 11) is 2.06. The Labute approximate surface area is 159 Å². The fraction of sp³-hybridized carbons (Fsp3) is 0.238. The number of carbonyl (C=O) groups excluding carboxylic acids is 1. The van der Waals surface area contributed by atoms with Crippen LogP contribution in [0.4, 0.5) is 10.5 Å². The molecule has 3 rings (SSSR count). The predicted octanol–water partition coefficient (Wildman–Crippen LogP) is 3.20. The molecular weight excluding hydrogens is 338 g/mol. The van der Waals surface area contributed by atoms with Crippen molar-refractivity contribution >= 4 is 11.7 Å². The standard InChI is InChI=1S/C21H25N5O/c1-25(19-9-3-2-4-10-19)14-6-12-22-21(27)23-17-18-8-5-11-20(16-18)26-15-7-13-24-26/h2-5,7-11,13,15-16H,6,12,14,17H2,1H3,(H2,22,23,27). The highest BCUT2D eigenvalue weighted by Crippen LogP contribution is 2.11. The fourth-order valence-electron chi connectivity index (χ4n) is 2.81. The van der Waals surface area contributed by atoms with Gasteiger partial charge in [0, 0.05) is 44.8 Å². The van der Waals surface area contributed by atoms with Crippen molar-refractivity contribution in [1.29, 1.82) is 0 Å². The van der Waals surface area contributed by atoms with Gasteiger partial charge in [-0.3, -0.25) is 0 Å². The molecule has 3 aromatic rings. The Morgan fingerprint density at radius 1 is 1.07 bits per heavy atom. The Kier molecular flexibility index (Phi) is 6.46. The molecule has 2 aromatic carbocycles. The van der Waals surface area contributed by atoms with Crippen LogP contribution in [0.2, 0.25) is 0 Å². The summed E-state index contributed by atoms with van der Waals surface area (Å²) in [6.07, 6.45) is 4.52. The monoisotopic (exact) mass is 363 g/mol. The Morgan fingerprint density at radius 3 is 2.70 bits per heavy atom. The van der Waals surface area contributed by atoms with Gasteiger partial charge in [0.2, 0.25) is 0 Å². The predicted molar refractivity (Wildman–Crippen MR) is 108 cm³/mol. The van der Waals surface area contributed by atoms with E-state index < -0.39 is 0 Å².